The first-order chi connectivity index (χ1) is 20.7. The molecule has 0 aromatic heterocycles. The van der Waals surface area contributed by atoms with E-state index in [0.29, 0.717) is 18.8 Å². The first kappa shape index (κ1) is 32.0. The van der Waals surface area contributed by atoms with Gasteiger partial charge in [-0.15, -0.1) is 0 Å². The summed E-state index contributed by atoms with van der Waals surface area (Å²) >= 11 is 0. The van der Waals surface area contributed by atoms with Crippen LogP contribution in [0.4, 0.5) is 10.1 Å². The highest BCUT2D eigenvalue weighted by atomic mass is 32.2. The summed E-state index contributed by atoms with van der Waals surface area (Å²) in [4.78, 5) is 28.8. The summed E-state index contributed by atoms with van der Waals surface area (Å²) in [6.07, 6.45) is 5.52. The molecule has 1 atom stereocenters. The number of amides is 2. The summed E-state index contributed by atoms with van der Waals surface area (Å²) in [7, 11) is -4.26. The van der Waals surface area contributed by atoms with Crippen LogP contribution in [-0.4, -0.2) is 56.9 Å². The zero-order valence-electron chi connectivity index (χ0n) is 24.7. The highest BCUT2D eigenvalue weighted by Gasteiger charge is 2.33. The molecule has 2 amide bonds. The van der Waals surface area contributed by atoms with Crippen LogP contribution < -0.4 is 14.4 Å². The molecule has 0 saturated heterocycles. The average molecular weight is 610 g/mol. The van der Waals surface area contributed by atoms with Crippen molar-refractivity contribution in [2.75, 3.05) is 24.0 Å². The van der Waals surface area contributed by atoms with Gasteiger partial charge in [0.15, 0.2) is 0 Å². The summed E-state index contributed by atoms with van der Waals surface area (Å²) in [5.41, 5.74) is 1.11. The number of hydrogen-bond donors (Lipinski definition) is 1. The number of carbonyl (C=O) groups is 2. The quantitative estimate of drug-likeness (QED) is 0.283. The van der Waals surface area contributed by atoms with Gasteiger partial charge in [0.2, 0.25) is 11.8 Å². The second-order valence-electron chi connectivity index (χ2n) is 10.7. The summed E-state index contributed by atoms with van der Waals surface area (Å²) in [6.45, 7) is 3.56. The largest absolute Gasteiger partial charge is 0.494 e. The van der Waals surface area contributed by atoms with Crippen LogP contribution in [0.2, 0.25) is 0 Å². The van der Waals surface area contributed by atoms with Gasteiger partial charge in [0.1, 0.15) is 24.2 Å². The van der Waals surface area contributed by atoms with Crippen molar-refractivity contribution in [3.8, 4) is 5.75 Å². The SMILES string of the molecule is CCOc1ccc(S(=O)(=O)N(CC(=O)N(CCc2ccccc2)[C@@H](C)C(=O)NC2CCCCC2)c2ccc(F)cc2)cc1. The number of sulfonamides is 1. The van der Waals surface area contributed by atoms with Crippen molar-refractivity contribution in [2.45, 2.75) is 69.4 Å². The highest BCUT2D eigenvalue weighted by Crippen LogP contribution is 2.26. The first-order valence-corrected chi connectivity index (χ1v) is 16.3. The van der Waals surface area contributed by atoms with Gasteiger partial charge >= 0.3 is 0 Å². The second-order valence-corrected chi connectivity index (χ2v) is 12.6. The molecule has 0 spiro atoms. The van der Waals surface area contributed by atoms with Crippen molar-refractivity contribution in [2.24, 2.45) is 0 Å². The molecule has 0 aliphatic heterocycles. The molecule has 10 heteroatoms. The van der Waals surface area contributed by atoms with Crippen LogP contribution in [0.25, 0.3) is 0 Å². The zero-order chi connectivity index (χ0) is 30.8. The molecule has 0 bridgehead atoms. The number of hydrogen-bond acceptors (Lipinski definition) is 5. The lowest BCUT2D eigenvalue weighted by atomic mass is 9.95. The standard InChI is InChI=1S/C33H40FN3O5S/c1-3-42-30-18-20-31(21-19-30)43(40,41)37(29-16-14-27(34)15-17-29)24-32(38)36(23-22-26-10-6-4-7-11-26)25(2)33(39)35-28-12-8-5-9-13-28/h4,6-7,10-11,14-21,25,28H,3,5,8-9,12-13,22-24H2,1-2H3,(H,35,39)/t25-/m0/s1. The van der Waals surface area contributed by atoms with Gasteiger partial charge < -0.3 is 15.0 Å². The van der Waals surface area contributed by atoms with E-state index in [1.54, 1.807) is 19.1 Å². The van der Waals surface area contributed by atoms with E-state index in [1.165, 1.54) is 29.2 Å². The summed E-state index contributed by atoms with van der Waals surface area (Å²) in [5.74, 6) is -0.834. The topological polar surface area (TPSA) is 96.0 Å². The summed E-state index contributed by atoms with van der Waals surface area (Å²) in [6, 6.07) is 19.7. The van der Waals surface area contributed by atoms with Crippen LogP contribution in [0.5, 0.6) is 5.75 Å². The van der Waals surface area contributed by atoms with Crippen molar-refractivity contribution >= 4 is 27.5 Å². The van der Waals surface area contributed by atoms with Crippen LogP contribution in [0, 0.1) is 5.82 Å². The van der Waals surface area contributed by atoms with E-state index in [-0.39, 0.29) is 29.1 Å². The Morgan fingerprint density at radius 1 is 0.953 bits per heavy atom. The number of ether oxygens (including phenoxy) is 1. The molecule has 0 radical (unpaired) electrons. The van der Waals surface area contributed by atoms with Gasteiger partial charge in [-0.3, -0.25) is 13.9 Å². The van der Waals surface area contributed by atoms with E-state index in [0.717, 1.165) is 54.1 Å². The fraction of sp³-hybridized carbons (Fsp3) is 0.394. The lowest BCUT2D eigenvalue weighted by molar-refractivity contribution is -0.139. The van der Waals surface area contributed by atoms with E-state index in [4.69, 9.17) is 4.74 Å². The van der Waals surface area contributed by atoms with Gasteiger partial charge in [-0.25, -0.2) is 12.8 Å². The number of anilines is 1. The number of benzene rings is 3. The minimum atomic E-state index is -4.26. The maximum atomic E-state index is 14.0. The van der Waals surface area contributed by atoms with Crippen LogP contribution >= 0.6 is 0 Å². The molecule has 1 saturated carbocycles. The molecule has 0 heterocycles. The number of rotatable bonds is 13. The molecule has 1 fully saturated rings. The summed E-state index contributed by atoms with van der Waals surface area (Å²) in [5, 5.41) is 3.10. The molecule has 1 aliphatic carbocycles. The molecule has 1 aliphatic rings. The molecule has 8 nitrogen and oxygen atoms in total. The molecular weight excluding hydrogens is 569 g/mol. The molecular formula is C33H40FN3O5S. The lowest BCUT2D eigenvalue weighted by Crippen LogP contribution is -2.53. The second kappa shape index (κ2) is 15.0. The van der Waals surface area contributed by atoms with Crippen molar-refractivity contribution in [1.29, 1.82) is 0 Å². The van der Waals surface area contributed by atoms with Crippen LogP contribution in [0.15, 0.2) is 83.8 Å². The molecule has 3 aromatic carbocycles. The number of carbonyl (C=O) groups excluding carboxylic acids is 2. The average Bonchev–Trinajstić information content (AvgIpc) is 3.02. The number of nitrogens with zero attached hydrogens (tertiary/aromatic N) is 2. The fourth-order valence-electron chi connectivity index (χ4n) is 5.28. The van der Waals surface area contributed by atoms with Crippen LogP contribution in [0.3, 0.4) is 0 Å². The van der Waals surface area contributed by atoms with Gasteiger partial charge in [0.25, 0.3) is 10.0 Å². The Labute approximate surface area is 253 Å². The third-order valence-electron chi connectivity index (χ3n) is 7.72. The van der Waals surface area contributed by atoms with Crippen LogP contribution in [0.1, 0.15) is 51.5 Å². The van der Waals surface area contributed by atoms with Gasteiger partial charge in [-0.05, 0) is 87.2 Å². The Morgan fingerprint density at radius 3 is 2.23 bits per heavy atom. The lowest BCUT2D eigenvalue weighted by Gasteiger charge is -2.33. The van der Waals surface area contributed by atoms with E-state index in [2.05, 4.69) is 5.32 Å². The van der Waals surface area contributed by atoms with E-state index >= 15 is 0 Å². The smallest absolute Gasteiger partial charge is 0.264 e. The Hall–Kier alpha value is -3.92. The normalized spacial score (nSPS) is 14.5. The van der Waals surface area contributed by atoms with Gasteiger partial charge in [-0.1, -0.05) is 49.6 Å². The predicted molar refractivity (Wildman–Crippen MR) is 165 cm³/mol. The van der Waals surface area contributed by atoms with Gasteiger partial charge in [0.05, 0.1) is 17.2 Å². The van der Waals surface area contributed by atoms with Crippen LogP contribution in [-0.2, 0) is 26.0 Å². The number of halogens is 1. The first-order valence-electron chi connectivity index (χ1n) is 14.8. The Kier molecular flexibility index (Phi) is 11.2. The van der Waals surface area contributed by atoms with Crippen molar-refractivity contribution < 1.29 is 27.1 Å². The van der Waals surface area contributed by atoms with Crippen molar-refractivity contribution in [3.63, 3.8) is 0 Å². The third-order valence-corrected chi connectivity index (χ3v) is 9.51. The van der Waals surface area contributed by atoms with Crippen molar-refractivity contribution in [1.82, 2.24) is 10.2 Å². The Balaban J connectivity index is 1.63. The molecule has 0 unspecified atom stereocenters. The monoisotopic (exact) mass is 609 g/mol. The molecule has 230 valence electrons. The maximum Gasteiger partial charge on any atom is 0.264 e. The summed E-state index contributed by atoms with van der Waals surface area (Å²) < 4.78 is 48.1. The van der Waals surface area contributed by atoms with E-state index < -0.39 is 34.3 Å². The zero-order valence-corrected chi connectivity index (χ0v) is 25.6. The number of nitrogens with one attached hydrogen (secondary N) is 1. The Morgan fingerprint density at radius 2 is 1.60 bits per heavy atom. The Bertz CT molecular complexity index is 1440. The highest BCUT2D eigenvalue weighted by molar-refractivity contribution is 7.92. The van der Waals surface area contributed by atoms with Crippen molar-refractivity contribution in [3.05, 3.63) is 90.2 Å². The molecule has 4 rings (SSSR count). The van der Waals surface area contributed by atoms with E-state index in [1.807, 2.05) is 37.3 Å². The third kappa shape index (κ3) is 8.56. The molecule has 1 N–H and O–H groups in total. The predicted octanol–water partition coefficient (Wildman–Crippen LogP) is 5.33. The maximum absolute atomic E-state index is 14.0. The minimum Gasteiger partial charge on any atom is -0.494 e. The van der Waals surface area contributed by atoms with E-state index in [9.17, 15) is 22.4 Å². The molecule has 3 aromatic rings. The fourth-order valence-corrected chi connectivity index (χ4v) is 6.69. The van der Waals surface area contributed by atoms with Gasteiger partial charge in [-0.2, -0.15) is 0 Å². The minimum absolute atomic E-state index is 0.0491. The molecule has 43 heavy (non-hydrogen) atoms. The van der Waals surface area contributed by atoms with Gasteiger partial charge in [0, 0.05) is 12.6 Å².